The number of hydrogen-bond acceptors (Lipinski definition) is 2. The highest BCUT2D eigenvalue weighted by Gasteiger charge is 2.27. The van der Waals surface area contributed by atoms with Crippen molar-refractivity contribution in [3.63, 3.8) is 0 Å². The second-order valence-corrected chi connectivity index (χ2v) is 7.74. The van der Waals surface area contributed by atoms with Crippen molar-refractivity contribution in [1.29, 1.82) is 0 Å². The van der Waals surface area contributed by atoms with Gasteiger partial charge in [0, 0.05) is 19.1 Å². The summed E-state index contributed by atoms with van der Waals surface area (Å²) >= 11 is 0. The average Bonchev–Trinajstić information content (AvgIpc) is 2.46. The molecule has 2 rings (SSSR count). The summed E-state index contributed by atoms with van der Waals surface area (Å²) in [6, 6.07) is 10.6. The molecule has 3 nitrogen and oxygen atoms in total. The largest absolute Gasteiger partial charge is 0.342 e. The lowest BCUT2D eigenvalue weighted by Crippen LogP contribution is -2.43. The summed E-state index contributed by atoms with van der Waals surface area (Å²) in [7, 11) is 0. The molecule has 0 spiro atoms. The Hall–Kier alpha value is -1.35. The number of nitrogens with zero attached hydrogens (tertiary/aromatic N) is 1. The van der Waals surface area contributed by atoms with Gasteiger partial charge >= 0.3 is 0 Å². The van der Waals surface area contributed by atoms with Gasteiger partial charge in [0.25, 0.3) is 0 Å². The number of amides is 1. The quantitative estimate of drug-likeness (QED) is 0.905. The molecule has 1 fully saturated rings. The van der Waals surface area contributed by atoms with Gasteiger partial charge in [-0.25, -0.2) is 0 Å². The van der Waals surface area contributed by atoms with Crippen molar-refractivity contribution >= 4 is 5.91 Å². The van der Waals surface area contributed by atoms with Crippen molar-refractivity contribution in [3.8, 4) is 0 Å². The van der Waals surface area contributed by atoms with Crippen LogP contribution in [0.15, 0.2) is 30.3 Å². The number of carbonyl (C=O) groups excluding carboxylic acids is 1. The Labute approximate surface area is 141 Å². The molecule has 1 N–H and O–H groups in total. The first kappa shape index (κ1) is 18.0. The van der Waals surface area contributed by atoms with Crippen LogP contribution >= 0.6 is 0 Å². The molecule has 1 aromatic rings. The molecule has 1 aliphatic rings. The third-order valence-electron chi connectivity index (χ3n) is 4.67. The highest BCUT2D eigenvalue weighted by Crippen LogP contribution is 2.32. The third kappa shape index (κ3) is 5.65. The molecule has 0 saturated carbocycles. The standard InChI is InChI=1S/C20H32N2O/c1-20(2,3)19(17-12-8-7-9-13-17)21-16-18(23)22-14-10-5-4-6-11-15-22/h7-9,12-13,19,21H,4-6,10-11,14-16H2,1-3H3/t19-/m0/s1. The van der Waals surface area contributed by atoms with Crippen LogP contribution in [0.1, 0.15) is 64.5 Å². The van der Waals surface area contributed by atoms with E-state index < -0.39 is 0 Å². The number of hydrogen-bond donors (Lipinski definition) is 1. The summed E-state index contributed by atoms with van der Waals surface area (Å²) in [4.78, 5) is 14.6. The summed E-state index contributed by atoms with van der Waals surface area (Å²) < 4.78 is 0. The van der Waals surface area contributed by atoms with Crippen molar-refractivity contribution in [1.82, 2.24) is 10.2 Å². The first-order valence-electron chi connectivity index (χ1n) is 9.04. The zero-order valence-electron chi connectivity index (χ0n) is 15.0. The van der Waals surface area contributed by atoms with E-state index in [9.17, 15) is 4.79 Å². The van der Waals surface area contributed by atoms with Gasteiger partial charge in [0.15, 0.2) is 0 Å². The SMILES string of the molecule is CC(C)(C)[C@@H](NCC(=O)N1CCCCCCC1)c1ccccc1. The fraction of sp³-hybridized carbons (Fsp3) is 0.650. The van der Waals surface area contributed by atoms with Crippen molar-refractivity contribution in [2.45, 2.75) is 58.9 Å². The normalized spacial score (nSPS) is 18.1. The van der Waals surface area contributed by atoms with E-state index >= 15 is 0 Å². The molecule has 1 amide bonds. The van der Waals surface area contributed by atoms with E-state index in [-0.39, 0.29) is 17.4 Å². The molecule has 3 heteroatoms. The molecule has 1 saturated heterocycles. The molecule has 128 valence electrons. The summed E-state index contributed by atoms with van der Waals surface area (Å²) in [5, 5.41) is 3.52. The van der Waals surface area contributed by atoms with E-state index in [1.807, 2.05) is 6.07 Å². The summed E-state index contributed by atoms with van der Waals surface area (Å²) in [6.07, 6.45) is 6.12. The fourth-order valence-corrected chi connectivity index (χ4v) is 3.37. The molecule has 1 aromatic carbocycles. The van der Waals surface area contributed by atoms with Gasteiger partial charge in [0.05, 0.1) is 6.54 Å². The van der Waals surface area contributed by atoms with Gasteiger partial charge < -0.3 is 10.2 Å². The van der Waals surface area contributed by atoms with Crippen LogP contribution in [-0.4, -0.2) is 30.4 Å². The second kappa shape index (κ2) is 8.49. The zero-order valence-corrected chi connectivity index (χ0v) is 15.0. The maximum absolute atomic E-state index is 12.6. The fourth-order valence-electron chi connectivity index (χ4n) is 3.37. The van der Waals surface area contributed by atoms with E-state index in [2.05, 4.69) is 55.3 Å². The van der Waals surface area contributed by atoms with Crippen molar-refractivity contribution < 1.29 is 4.79 Å². The molecule has 0 unspecified atom stereocenters. The van der Waals surface area contributed by atoms with E-state index in [4.69, 9.17) is 0 Å². The Bertz CT molecular complexity index is 470. The molecule has 23 heavy (non-hydrogen) atoms. The van der Waals surface area contributed by atoms with Crippen LogP contribution in [-0.2, 0) is 4.79 Å². The Morgan fingerprint density at radius 2 is 1.61 bits per heavy atom. The van der Waals surface area contributed by atoms with Crippen molar-refractivity contribution in [2.75, 3.05) is 19.6 Å². The Morgan fingerprint density at radius 3 is 2.17 bits per heavy atom. The van der Waals surface area contributed by atoms with E-state index in [1.165, 1.54) is 24.8 Å². The second-order valence-electron chi connectivity index (χ2n) is 7.74. The number of carbonyl (C=O) groups is 1. The average molecular weight is 316 g/mol. The lowest BCUT2D eigenvalue weighted by molar-refractivity contribution is -0.130. The van der Waals surface area contributed by atoms with E-state index in [1.54, 1.807) is 0 Å². The molecular formula is C20H32N2O. The van der Waals surface area contributed by atoms with Crippen LogP contribution in [0.25, 0.3) is 0 Å². The van der Waals surface area contributed by atoms with Gasteiger partial charge in [-0.05, 0) is 23.8 Å². The van der Waals surface area contributed by atoms with Gasteiger partial charge in [0.1, 0.15) is 0 Å². The van der Waals surface area contributed by atoms with Gasteiger partial charge in [-0.1, -0.05) is 70.4 Å². The van der Waals surface area contributed by atoms with Crippen LogP contribution in [0.5, 0.6) is 0 Å². The van der Waals surface area contributed by atoms with E-state index in [0.29, 0.717) is 6.54 Å². The van der Waals surface area contributed by atoms with Gasteiger partial charge in [-0.15, -0.1) is 0 Å². The summed E-state index contributed by atoms with van der Waals surface area (Å²) in [6.45, 7) is 8.93. The minimum atomic E-state index is 0.0674. The van der Waals surface area contributed by atoms with Crippen LogP contribution in [0.2, 0.25) is 0 Å². The third-order valence-corrected chi connectivity index (χ3v) is 4.67. The topological polar surface area (TPSA) is 32.3 Å². The van der Waals surface area contributed by atoms with Crippen LogP contribution in [0, 0.1) is 5.41 Å². The van der Waals surface area contributed by atoms with Gasteiger partial charge in [-0.3, -0.25) is 4.79 Å². The number of rotatable bonds is 4. The lowest BCUT2D eigenvalue weighted by atomic mass is 9.82. The van der Waals surface area contributed by atoms with Gasteiger partial charge in [0.2, 0.25) is 5.91 Å². The molecular weight excluding hydrogens is 284 g/mol. The number of likely N-dealkylation sites (tertiary alicyclic amines) is 1. The number of benzene rings is 1. The Kier molecular flexibility index (Phi) is 6.64. The smallest absolute Gasteiger partial charge is 0.236 e. The minimum Gasteiger partial charge on any atom is -0.342 e. The maximum Gasteiger partial charge on any atom is 0.236 e. The van der Waals surface area contributed by atoms with Crippen molar-refractivity contribution in [2.24, 2.45) is 5.41 Å². The predicted molar refractivity (Wildman–Crippen MR) is 96.3 cm³/mol. The Morgan fingerprint density at radius 1 is 1.04 bits per heavy atom. The molecule has 1 atom stereocenters. The monoisotopic (exact) mass is 316 g/mol. The van der Waals surface area contributed by atoms with Crippen LogP contribution in [0.3, 0.4) is 0 Å². The molecule has 0 aromatic heterocycles. The first-order valence-corrected chi connectivity index (χ1v) is 9.04. The predicted octanol–water partition coefficient (Wildman–Crippen LogP) is 4.16. The number of nitrogens with one attached hydrogen (secondary N) is 1. The summed E-state index contributed by atoms with van der Waals surface area (Å²) in [5.74, 6) is 0.247. The molecule has 1 aliphatic heterocycles. The maximum atomic E-state index is 12.6. The van der Waals surface area contributed by atoms with Gasteiger partial charge in [-0.2, -0.15) is 0 Å². The molecule has 0 aliphatic carbocycles. The first-order chi connectivity index (χ1) is 11.0. The highest BCUT2D eigenvalue weighted by molar-refractivity contribution is 5.78. The van der Waals surface area contributed by atoms with Crippen LogP contribution < -0.4 is 5.32 Å². The van der Waals surface area contributed by atoms with E-state index in [0.717, 1.165) is 25.9 Å². The molecule has 1 heterocycles. The Balaban J connectivity index is 1.96. The van der Waals surface area contributed by atoms with Crippen molar-refractivity contribution in [3.05, 3.63) is 35.9 Å². The highest BCUT2D eigenvalue weighted by atomic mass is 16.2. The molecule has 0 bridgehead atoms. The molecule has 0 radical (unpaired) electrons. The minimum absolute atomic E-state index is 0.0674. The summed E-state index contributed by atoms with van der Waals surface area (Å²) in [5.41, 5.74) is 1.32. The lowest BCUT2D eigenvalue weighted by Gasteiger charge is -2.33. The van der Waals surface area contributed by atoms with Crippen LogP contribution in [0.4, 0.5) is 0 Å². The zero-order chi connectivity index (χ0) is 16.7.